The number of rotatable bonds is 3. The Bertz CT molecular complexity index is 611. The molecule has 112 valence electrons. The van der Waals surface area contributed by atoms with Crippen LogP contribution in [0.3, 0.4) is 0 Å². The number of carbonyl (C=O) groups is 1. The van der Waals surface area contributed by atoms with Gasteiger partial charge in [-0.05, 0) is 19.1 Å². The van der Waals surface area contributed by atoms with Gasteiger partial charge in [0.05, 0.1) is 12.8 Å². The van der Waals surface area contributed by atoms with Crippen molar-refractivity contribution in [3.8, 4) is 0 Å². The molecule has 1 fully saturated rings. The van der Waals surface area contributed by atoms with Gasteiger partial charge in [-0.3, -0.25) is 9.69 Å². The molecule has 3 heterocycles. The van der Waals surface area contributed by atoms with Crippen molar-refractivity contribution in [2.24, 2.45) is 7.05 Å². The van der Waals surface area contributed by atoms with Gasteiger partial charge in [0.25, 0.3) is 5.91 Å². The summed E-state index contributed by atoms with van der Waals surface area (Å²) in [5, 5.41) is 8.25. The molecule has 1 aliphatic heterocycles. The molecule has 1 amide bonds. The van der Waals surface area contributed by atoms with Crippen molar-refractivity contribution >= 4 is 5.91 Å². The first kappa shape index (κ1) is 13.8. The Hall–Kier alpha value is -2.15. The summed E-state index contributed by atoms with van der Waals surface area (Å²) < 4.78 is 7.16. The fourth-order valence-electron chi connectivity index (χ4n) is 2.45. The second-order valence-electron chi connectivity index (χ2n) is 5.27. The number of hydrogen-bond donors (Lipinski definition) is 0. The van der Waals surface area contributed by atoms with E-state index in [1.165, 1.54) is 6.26 Å². The van der Waals surface area contributed by atoms with Crippen molar-refractivity contribution in [3.63, 3.8) is 0 Å². The Labute approximate surface area is 123 Å². The Morgan fingerprint density at radius 2 is 2.05 bits per heavy atom. The first-order valence-corrected chi connectivity index (χ1v) is 7.05. The molecule has 0 saturated carbocycles. The largest absolute Gasteiger partial charge is 0.459 e. The molecule has 1 aliphatic rings. The lowest BCUT2D eigenvalue weighted by molar-refractivity contribution is 0.0593. The lowest BCUT2D eigenvalue weighted by Gasteiger charge is -2.33. The van der Waals surface area contributed by atoms with E-state index in [4.69, 9.17) is 4.42 Å². The van der Waals surface area contributed by atoms with Crippen molar-refractivity contribution in [2.75, 3.05) is 26.2 Å². The van der Waals surface area contributed by atoms with Crippen LogP contribution in [0.2, 0.25) is 0 Å². The summed E-state index contributed by atoms with van der Waals surface area (Å²) in [5.41, 5.74) is 0. The summed E-state index contributed by atoms with van der Waals surface area (Å²) in [4.78, 5) is 16.3. The van der Waals surface area contributed by atoms with Crippen molar-refractivity contribution in [1.82, 2.24) is 24.6 Å². The molecule has 3 rings (SSSR count). The van der Waals surface area contributed by atoms with Crippen LogP contribution in [0.4, 0.5) is 0 Å². The average Bonchev–Trinajstić information content (AvgIpc) is 3.13. The smallest absolute Gasteiger partial charge is 0.289 e. The van der Waals surface area contributed by atoms with Crippen LogP contribution in [0.5, 0.6) is 0 Å². The van der Waals surface area contributed by atoms with Crippen LogP contribution in [0, 0.1) is 6.92 Å². The van der Waals surface area contributed by atoms with Crippen LogP contribution in [0.25, 0.3) is 0 Å². The summed E-state index contributed by atoms with van der Waals surface area (Å²) in [6.07, 6.45) is 1.53. The molecular formula is C14H19N5O2. The molecule has 0 bridgehead atoms. The predicted molar refractivity (Wildman–Crippen MR) is 75.6 cm³/mol. The molecule has 0 atom stereocenters. The van der Waals surface area contributed by atoms with Gasteiger partial charge in [0.2, 0.25) is 0 Å². The molecular weight excluding hydrogens is 270 g/mol. The average molecular weight is 289 g/mol. The monoisotopic (exact) mass is 289 g/mol. The van der Waals surface area contributed by atoms with Crippen LogP contribution >= 0.6 is 0 Å². The second kappa shape index (κ2) is 5.69. The van der Waals surface area contributed by atoms with Gasteiger partial charge in [0.1, 0.15) is 11.6 Å². The Balaban J connectivity index is 1.56. The lowest BCUT2D eigenvalue weighted by atomic mass is 10.3. The number of nitrogens with zero attached hydrogens (tertiary/aromatic N) is 5. The maximum atomic E-state index is 12.2. The van der Waals surface area contributed by atoms with Crippen molar-refractivity contribution < 1.29 is 9.21 Å². The molecule has 7 nitrogen and oxygen atoms in total. The van der Waals surface area contributed by atoms with Gasteiger partial charge >= 0.3 is 0 Å². The van der Waals surface area contributed by atoms with Crippen LogP contribution in [-0.2, 0) is 13.6 Å². The van der Waals surface area contributed by atoms with Gasteiger partial charge in [0.15, 0.2) is 5.76 Å². The number of furan rings is 1. The highest BCUT2D eigenvalue weighted by Crippen LogP contribution is 2.11. The van der Waals surface area contributed by atoms with E-state index in [9.17, 15) is 4.79 Å². The maximum absolute atomic E-state index is 12.2. The summed E-state index contributed by atoms with van der Waals surface area (Å²) in [6, 6.07) is 3.44. The Morgan fingerprint density at radius 3 is 2.62 bits per heavy atom. The topological polar surface area (TPSA) is 67.4 Å². The predicted octanol–water partition coefficient (Wildman–Crippen LogP) is 0.675. The fraction of sp³-hybridized carbons (Fsp3) is 0.500. The summed E-state index contributed by atoms with van der Waals surface area (Å²) in [5.74, 6) is 2.25. The highest BCUT2D eigenvalue weighted by atomic mass is 16.3. The lowest BCUT2D eigenvalue weighted by Crippen LogP contribution is -2.48. The third-order valence-corrected chi connectivity index (χ3v) is 3.94. The summed E-state index contributed by atoms with van der Waals surface area (Å²) in [6.45, 7) is 5.78. The molecule has 0 spiro atoms. The van der Waals surface area contributed by atoms with Gasteiger partial charge in [-0.1, -0.05) is 0 Å². The molecule has 0 aromatic carbocycles. The van der Waals surface area contributed by atoms with E-state index < -0.39 is 0 Å². The van der Waals surface area contributed by atoms with Gasteiger partial charge in [-0.25, -0.2) is 0 Å². The quantitative estimate of drug-likeness (QED) is 0.831. The highest BCUT2D eigenvalue weighted by Gasteiger charge is 2.24. The van der Waals surface area contributed by atoms with Gasteiger partial charge in [-0.15, -0.1) is 10.2 Å². The summed E-state index contributed by atoms with van der Waals surface area (Å²) in [7, 11) is 1.97. The number of amides is 1. The van der Waals surface area contributed by atoms with E-state index in [2.05, 4.69) is 15.1 Å². The van der Waals surface area contributed by atoms with Crippen LogP contribution in [0.15, 0.2) is 22.8 Å². The van der Waals surface area contributed by atoms with Crippen molar-refractivity contribution in [1.29, 1.82) is 0 Å². The highest BCUT2D eigenvalue weighted by molar-refractivity contribution is 5.91. The third kappa shape index (κ3) is 2.82. The van der Waals surface area contributed by atoms with Gasteiger partial charge < -0.3 is 13.9 Å². The Morgan fingerprint density at radius 1 is 1.29 bits per heavy atom. The van der Waals surface area contributed by atoms with Crippen molar-refractivity contribution in [3.05, 3.63) is 35.8 Å². The van der Waals surface area contributed by atoms with E-state index in [0.29, 0.717) is 18.8 Å². The minimum atomic E-state index is -0.0332. The molecule has 0 radical (unpaired) electrons. The number of hydrogen-bond acceptors (Lipinski definition) is 5. The summed E-state index contributed by atoms with van der Waals surface area (Å²) >= 11 is 0. The molecule has 1 saturated heterocycles. The molecule has 7 heteroatoms. The molecule has 2 aromatic heterocycles. The van der Waals surface area contributed by atoms with E-state index >= 15 is 0 Å². The third-order valence-electron chi connectivity index (χ3n) is 3.94. The Kier molecular flexibility index (Phi) is 3.74. The van der Waals surface area contributed by atoms with Crippen molar-refractivity contribution in [2.45, 2.75) is 13.5 Å². The van der Waals surface area contributed by atoms with E-state index in [-0.39, 0.29) is 5.91 Å². The van der Waals surface area contributed by atoms with E-state index in [1.807, 2.05) is 23.4 Å². The normalized spacial score (nSPS) is 16.4. The zero-order valence-corrected chi connectivity index (χ0v) is 12.3. The first-order valence-electron chi connectivity index (χ1n) is 7.05. The number of carbonyl (C=O) groups excluding carboxylic acids is 1. The van der Waals surface area contributed by atoms with Crippen LogP contribution < -0.4 is 0 Å². The standard InChI is InChI=1S/C14H19N5O2/c1-11-15-16-13(17(11)2)10-18-5-7-19(8-6-18)14(20)12-4-3-9-21-12/h3-4,9H,5-8,10H2,1-2H3. The number of aromatic nitrogens is 3. The first-order chi connectivity index (χ1) is 10.1. The zero-order chi connectivity index (χ0) is 14.8. The molecule has 21 heavy (non-hydrogen) atoms. The van der Waals surface area contributed by atoms with E-state index in [1.54, 1.807) is 12.1 Å². The molecule has 0 aliphatic carbocycles. The van der Waals surface area contributed by atoms with Gasteiger partial charge in [-0.2, -0.15) is 0 Å². The minimum Gasteiger partial charge on any atom is -0.459 e. The zero-order valence-electron chi connectivity index (χ0n) is 12.3. The fourth-order valence-corrected chi connectivity index (χ4v) is 2.45. The number of aryl methyl sites for hydroxylation is 1. The number of piperazine rings is 1. The second-order valence-corrected chi connectivity index (χ2v) is 5.27. The SMILES string of the molecule is Cc1nnc(CN2CCN(C(=O)c3ccco3)CC2)n1C. The van der Waals surface area contributed by atoms with Gasteiger partial charge in [0, 0.05) is 33.2 Å². The molecule has 0 unspecified atom stereocenters. The van der Waals surface area contributed by atoms with E-state index in [0.717, 1.165) is 31.3 Å². The minimum absolute atomic E-state index is 0.0332. The maximum Gasteiger partial charge on any atom is 0.289 e. The molecule has 0 N–H and O–H groups in total. The van der Waals surface area contributed by atoms with Crippen LogP contribution in [0.1, 0.15) is 22.2 Å². The molecule has 2 aromatic rings. The van der Waals surface area contributed by atoms with Crippen LogP contribution in [-0.4, -0.2) is 56.7 Å².